The topological polar surface area (TPSA) is 96.4 Å². The van der Waals surface area contributed by atoms with E-state index in [9.17, 15) is 4.79 Å². The summed E-state index contributed by atoms with van der Waals surface area (Å²) in [5.41, 5.74) is 3.63. The lowest BCUT2D eigenvalue weighted by Crippen LogP contribution is -2.17. The summed E-state index contributed by atoms with van der Waals surface area (Å²) in [6.45, 7) is 3.85. The molecule has 25 heavy (non-hydrogen) atoms. The van der Waals surface area contributed by atoms with Gasteiger partial charge in [-0.3, -0.25) is 14.8 Å². The molecule has 0 aliphatic heterocycles. The number of hydrogen-bond donors (Lipinski definition) is 2. The zero-order valence-electron chi connectivity index (χ0n) is 13.8. The first-order valence-electron chi connectivity index (χ1n) is 7.94. The van der Waals surface area contributed by atoms with Crippen LogP contribution in [0.1, 0.15) is 24.2 Å². The monoisotopic (exact) mass is 332 g/mol. The molecular formula is C18H16N6O. The van der Waals surface area contributed by atoms with Gasteiger partial charge in [-0.2, -0.15) is 0 Å². The minimum absolute atomic E-state index is 0.141. The van der Waals surface area contributed by atoms with Gasteiger partial charge in [-0.15, -0.1) is 0 Å². The highest BCUT2D eigenvalue weighted by Crippen LogP contribution is 2.22. The van der Waals surface area contributed by atoms with Crippen molar-refractivity contribution in [1.82, 2.24) is 24.9 Å². The average molecular weight is 332 g/mol. The van der Waals surface area contributed by atoms with E-state index in [1.54, 1.807) is 12.4 Å². The van der Waals surface area contributed by atoms with E-state index in [-0.39, 0.29) is 11.6 Å². The molecule has 0 aliphatic rings. The van der Waals surface area contributed by atoms with E-state index in [4.69, 9.17) is 0 Å². The number of fused-ring (bicyclic) bond motifs is 2. The molecule has 0 fully saturated rings. The van der Waals surface area contributed by atoms with Crippen LogP contribution in [0.4, 0.5) is 5.82 Å². The van der Waals surface area contributed by atoms with E-state index in [1.807, 2.05) is 38.1 Å². The van der Waals surface area contributed by atoms with Crippen LogP contribution in [0, 0.1) is 6.92 Å². The first-order valence-corrected chi connectivity index (χ1v) is 7.94. The Labute approximate surface area is 143 Å². The van der Waals surface area contributed by atoms with Crippen molar-refractivity contribution < 1.29 is 0 Å². The number of rotatable bonds is 3. The Kier molecular flexibility index (Phi) is 3.61. The Hall–Kier alpha value is -3.35. The molecule has 7 nitrogen and oxygen atoms in total. The van der Waals surface area contributed by atoms with Crippen molar-refractivity contribution in [2.45, 2.75) is 19.9 Å². The fourth-order valence-electron chi connectivity index (χ4n) is 2.88. The summed E-state index contributed by atoms with van der Waals surface area (Å²) >= 11 is 0. The Bertz CT molecular complexity index is 1130. The molecule has 0 amide bonds. The van der Waals surface area contributed by atoms with Gasteiger partial charge >= 0.3 is 0 Å². The molecular weight excluding hydrogens is 316 g/mol. The first kappa shape index (κ1) is 15.2. The van der Waals surface area contributed by atoms with Gasteiger partial charge in [-0.05, 0) is 43.7 Å². The lowest BCUT2D eigenvalue weighted by Gasteiger charge is -2.16. The van der Waals surface area contributed by atoms with Gasteiger partial charge in [-0.1, -0.05) is 0 Å². The summed E-state index contributed by atoms with van der Waals surface area (Å²) in [4.78, 5) is 32.5. The van der Waals surface area contributed by atoms with Crippen molar-refractivity contribution in [3.05, 3.63) is 64.6 Å². The second-order valence-electron chi connectivity index (χ2n) is 5.90. The van der Waals surface area contributed by atoms with Gasteiger partial charge in [0.15, 0.2) is 5.82 Å². The van der Waals surface area contributed by atoms with Crippen molar-refractivity contribution in [3.63, 3.8) is 0 Å². The molecule has 0 saturated carbocycles. The molecule has 124 valence electrons. The molecule has 0 spiro atoms. The van der Waals surface area contributed by atoms with Crippen LogP contribution in [0.3, 0.4) is 0 Å². The van der Waals surface area contributed by atoms with Crippen LogP contribution in [-0.4, -0.2) is 24.9 Å². The Morgan fingerprint density at radius 1 is 1.08 bits per heavy atom. The molecule has 0 aliphatic carbocycles. The quantitative estimate of drug-likeness (QED) is 0.599. The largest absolute Gasteiger partial charge is 0.360 e. The summed E-state index contributed by atoms with van der Waals surface area (Å²) in [5.74, 6) is 0.622. The van der Waals surface area contributed by atoms with Crippen molar-refractivity contribution >= 4 is 27.8 Å². The van der Waals surface area contributed by atoms with E-state index in [0.29, 0.717) is 22.2 Å². The first-order chi connectivity index (χ1) is 12.1. The summed E-state index contributed by atoms with van der Waals surface area (Å²) in [6.07, 6.45) is 4.90. The van der Waals surface area contributed by atoms with Crippen molar-refractivity contribution in [2.75, 3.05) is 5.32 Å². The van der Waals surface area contributed by atoms with Crippen LogP contribution in [-0.2, 0) is 0 Å². The van der Waals surface area contributed by atoms with Crippen LogP contribution in [0.15, 0.2) is 47.8 Å². The number of H-pyrrole nitrogens is 1. The molecule has 1 unspecified atom stereocenters. The number of pyridine rings is 3. The molecule has 0 aromatic carbocycles. The summed E-state index contributed by atoms with van der Waals surface area (Å²) in [7, 11) is 0. The highest BCUT2D eigenvalue weighted by molar-refractivity contribution is 5.85. The van der Waals surface area contributed by atoms with Gasteiger partial charge < -0.3 is 10.3 Å². The number of aromatic nitrogens is 5. The van der Waals surface area contributed by atoms with Crippen LogP contribution in [0.25, 0.3) is 21.9 Å². The van der Waals surface area contributed by atoms with Gasteiger partial charge in [0.25, 0.3) is 5.56 Å². The predicted molar refractivity (Wildman–Crippen MR) is 96.5 cm³/mol. The molecule has 4 heterocycles. The van der Waals surface area contributed by atoms with E-state index >= 15 is 0 Å². The summed E-state index contributed by atoms with van der Waals surface area (Å²) < 4.78 is 0. The molecule has 2 N–H and O–H groups in total. The SMILES string of the molecule is Cc1ccnc2cc(C(C)Nc3ncnc4cccnc34)[nH]c(=O)c12. The number of hydrogen-bond acceptors (Lipinski definition) is 6. The minimum Gasteiger partial charge on any atom is -0.360 e. The van der Waals surface area contributed by atoms with Crippen molar-refractivity contribution in [2.24, 2.45) is 0 Å². The van der Waals surface area contributed by atoms with Crippen LogP contribution in [0.2, 0.25) is 0 Å². The van der Waals surface area contributed by atoms with Gasteiger partial charge in [0, 0.05) is 18.1 Å². The maximum atomic E-state index is 12.4. The number of nitrogens with one attached hydrogen (secondary N) is 2. The Morgan fingerprint density at radius 2 is 1.96 bits per heavy atom. The molecule has 7 heteroatoms. The zero-order chi connectivity index (χ0) is 17.4. The number of aromatic amines is 1. The van der Waals surface area contributed by atoms with E-state index in [0.717, 1.165) is 16.8 Å². The second kappa shape index (κ2) is 5.94. The molecule has 4 rings (SSSR count). The van der Waals surface area contributed by atoms with E-state index < -0.39 is 0 Å². The van der Waals surface area contributed by atoms with Gasteiger partial charge in [0.2, 0.25) is 0 Å². The fourth-order valence-corrected chi connectivity index (χ4v) is 2.88. The van der Waals surface area contributed by atoms with Crippen LogP contribution >= 0.6 is 0 Å². The molecule has 4 aromatic rings. The minimum atomic E-state index is -0.181. The molecule has 4 aromatic heterocycles. The fraction of sp³-hybridized carbons (Fsp3) is 0.167. The van der Waals surface area contributed by atoms with E-state index in [1.165, 1.54) is 6.33 Å². The molecule has 0 bridgehead atoms. The predicted octanol–water partition coefficient (Wildman–Crippen LogP) is 2.74. The highest BCUT2D eigenvalue weighted by atomic mass is 16.1. The van der Waals surface area contributed by atoms with Crippen LogP contribution < -0.4 is 10.9 Å². The molecule has 0 saturated heterocycles. The molecule has 1 atom stereocenters. The number of nitrogens with zero attached hydrogens (tertiary/aromatic N) is 4. The smallest absolute Gasteiger partial charge is 0.257 e. The van der Waals surface area contributed by atoms with E-state index in [2.05, 4.69) is 30.2 Å². The third kappa shape index (κ3) is 2.69. The Balaban J connectivity index is 1.75. The Morgan fingerprint density at radius 3 is 2.84 bits per heavy atom. The number of aryl methyl sites for hydroxylation is 1. The lowest BCUT2D eigenvalue weighted by molar-refractivity contribution is 0.828. The summed E-state index contributed by atoms with van der Waals surface area (Å²) in [6, 6.07) is 7.25. The third-order valence-electron chi connectivity index (χ3n) is 4.18. The normalized spacial score (nSPS) is 12.4. The van der Waals surface area contributed by atoms with Gasteiger partial charge in [0.1, 0.15) is 11.8 Å². The maximum Gasteiger partial charge on any atom is 0.257 e. The second-order valence-corrected chi connectivity index (χ2v) is 5.90. The highest BCUT2D eigenvalue weighted by Gasteiger charge is 2.13. The van der Waals surface area contributed by atoms with Crippen molar-refractivity contribution in [3.8, 4) is 0 Å². The van der Waals surface area contributed by atoms with Gasteiger partial charge in [-0.25, -0.2) is 9.97 Å². The maximum absolute atomic E-state index is 12.4. The lowest BCUT2D eigenvalue weighted by atomic mass is 10.1. The van der Waals surface area contributed by atoms with Gasteiger partial charge in [0.05, 0.1) is 22.5 Å². The third-order valence-corrected chi connectivity index (χ3v) is 4.18. The van der Waals surface area contributed by atoms with Crippen molar-refractivity contribution in [1.29, 1.82) is 0 Å². The van der Waals surface area contributed by atoms with Crippen LogP contribution in [0.5, 0.6) is 0 Å². The number of anilines is 1. The molecule has 0 radical (unpaired) electrons. The standard InChI is InChI=1S/C18H16N6O/c1-10-5-7-19-14-8-13(24-18(25)15(10)14)11(2)23-17-16-12(21-9-22-17)4-3-6-20-16/h3-9,11H,1-2H3,(H,24,25)(H,21,22,23). The zero-order valence-corrected chi connectivity index (χ0v) is 13.8. The average Bonchev–Trinajstić information content (AvgIpc) is 2.62. The summed E-state index contributed by atoms with van der Waals surface area (Å²) in [5, 5.41) is 3.91.